The van der Waals surface area contributed by atoms with Crippen molar-refractivity contribution in [3.8, 4) is 5.75 Å². The minimum atomic E-state index is -0.602. The number of aromatic nitrogens is 1. The number of oxazole rings is 1. The largest absolute Gasteiger partial charge is 0.492 e. The second-order valence-corrected chi connectivity index (χ2v) is 6.18. The van der Waals surface area contributed by atoms with Gasteiger partial charge in [-0.2, -0.15) is 0 Å². The molecule has 4 rings (SSSR count). The highest BCUT2D eigenvalue weighted by atomic mass is 35.5. The Morgan fingerprint density at radius 3 is 2.80 bits per heavy atom. The summed E-state index contributed by atoms with van der Waals surface area (Å²) in [5.41, 5.74) is 2.65. The van der Waals surface area contributed by atoms with Gasteiger partial charge in [0.05, 0.1) is 17.6 Å². The zero-order valence-corrected chi connectivity index (χ0v) is 13.7. The molecule has 6 nitrogen and oxygen atoms in total. The molecular weight excluding hydrogens is 351 g/mol. The number of carbonyl (C=O) groups is 1. The Morgan fingerprint density at radius 2 is 2.08 bits per heavy atom. The summed E-state index contributed by atoms with van der Waals surface area (Å²) >= 11 is 6.09. The molecule has 1 aliphatic rings. The molecule has 0 radical (unpaired) electrons. The fourth-order valence-electron chi connectivity index (χ4n) is 3.18. The molecule has 2 aromatic carbocycles. The Hall–Kier alpha value is -2.80. The Balaban J connectivity index is 1.91. The van der Waals surface area contributed by atoms with Gasteiger partial charge in [0.1, 0.15) is 0 Å². The van der Waals surface area contributed by atoms with Crippen molar-refractivity contribution >= 4 is 34.3 Å². The molecule has 2 N–H and O–H groups in total. The van der Waals surface area contributed by atoms with Crippen LogP contribution in [0.2, 0.25) is 5.02 Å². The average molecular weight is 363 g/mol. The number of aromatic amines is 1. The molecule has 25 heavy (non-hydrogen) atoms. The van der Waals surface area contributed by atoms with Gasteiger partial charge < -0.3 is 14.5 Å². The summed E-state index contributed by atoms with van der Waals surface area (Å²) in [4.78, 5) is 26.0. The third-order valence-corrected chi connectivity index (χ3v) is 4.54. The number of hydrogen-bond acceptors (Lipinski definition) is 4. The molecule has 3 aromatic rings. The maximum absolute atomic E-state index is 14.2. The van der Waals surface area contributed by atoms with Crippen molar-refractivity contribution < 1.29 is 18.3 Å². The number of fused-ring (bicyclic) bond motifs is 2. The number of amides is 1. The molecule has 0 saturated carbocycles. The van der Waals surface area contributed by atoms with E-state index in [9.17, 15) is 14.0 Å². The van der Waals surface area contributed by atoms with Crippen LogP contribution in [0.25, 0.3) is 11.1 Å². The highest BCUT2D eigenvalue weighted by Crippen LogP contribution is 2.41. The van der Waals surface area contributed by atoms with E-state index in [0.717, 1.165) is 5.56 Å². The molecule has 0 aliphatic carbocycles. The predicted octanol–water partition coefficient (Wildman–Crippen LogP) is 3.40. The van der Waals surface area contributed by atoms with E-state index in [1.165, 1.54) is 13.2 Å². The highest BCUT2D eigenvalue weighted by molar-refractivity contribution is 6.32. The molecule has 2 heterocycles. The van der Waals surface area contributed by atoms with Crippen LogP contribution in [-0.4, -0.2) is 18.0 Å². The van der Waals surface area contributed by atoms with Crippen LogP contribution in [0.15, 0.2) is 33.5 Å². The minimum Gasteiger partial charge on any atom is -0.492 e. The second-order valence-electron chi connectivity index (χ2n) is 5.77. The van der Waals surface area contributed by atoms with Crippen molar-refractivity contribution in [1.29, 1.82) is 0 Å². The standard InChI is InChI=1S/C17H12ClFN2O4/c1-24-16-10(18)2-7(3-11(16)19)8-5-15(22)20-12-6-14-13(4-9(8)12)21-17(23)25-14/h2-4,6,8H,5H2,1H3,(H,20,22)(H,21,23)/t8-/m0/s1. The smallest absolute Gasteiger partial charge is 0.417 e. The normalized spacial score (nSPS) is 16.6. The van der Waals surface area contributed by atoms with Crippen LogP contribution in [0.5, 0.6) is 5.75 Å². The monoisotopic (exact) mass is 362 g/mol. The van der Waals surface area contributed by atoms with E-state index < -0.39 is 17.5 Å². The van der Waals surface area contributed by atoms with E-state index in [2.05, 4.69) is 10.3 Å². The number of rotatable bonds is 2. The van der Waals surface area contributed by atoms with Gasteiger partial charge in [0, 0.05) is 24.1 Å². The maximum atomic E-state index is 14.2. The third-order valence-electron chi connectivity index (χ3n) is 4.26. The molecule has 0 fully saturated rings. The van der Waals surface area contributed by atoms with Crippen LogP contribution < -0.4 is 15.8 Å². The number of methoxy groups -OCH3 is 1. The van der Waals surface area contributed by atoms with Crippen LogP contribution in [0.3, 0.4) is 0 Å². The molecule has 0 spiro atoms. The molecule has 0 unspecified atom stereocenters. The van der Waals surface area contributed by atoms with Crippen LogP contribution in [0.1, 0.15) is 23.5 Å². The topological polar surface area (TPSA) is 84.3 Å². The summed E-state index contributed by atoms with van der Waals surface area (Å²) in [6.07, 6.45) is 0.128. The quantitative estimate of drug-likeness (QED) is 0.731. The summed E-state index contributed by atoms with van der Waals surface area (Å²) in [6, 6.07) is 6.18. The van der Waals surface area contributed by atoms with Crippen molar-refractivity contribution in [3.63, 3.8) is 0 Å². The van der Waals surface area contributed by atoms with Crippen LogP contribution in [0, 0.1) is 5.82 Å². The van der Waals surface area contributed by atoms with Crippen molar-refractivity contribution in [3.05, 3.63) is 56.8 Å². The molecule has 1 aromatic heterocycles. The van der Waals surface area contributed by atoms with E-state index in [1.54, 1.807) is 18.2 Å². The molecule has 1 aliphatic heterocycles. The van der Waals surface area contributed by atoms with Gasteiger partial charge in [-0.1, -0.05) is 11.6 Å². The third kappa shape index (κ3) is 2.56. The Kier molecular flexibility index (Phi) is 3.54. The van der Waals surface area contributed by atoms with Gasteiger partial charge in [-0.05, 0) is 29.3 Å². The molecule has 1 amide bonds. The lowest BCUT2D eigenvalue weighted by Gasteiger charge is -2.26. The average Bonchev–Trinajstić information content (AvgIpc) is 2.90. The molecule has 128 valence electrons. The first-order valence-corrected chi connectivity index (χ1v) is 7.83. The van der Waals surface area contributed by atoms with E-state index in [0.29, 0.717) is 22.4 Å². The lowest BCUT2D eigenvalue weighted by atomic mass is 9.84. The highest BCUT2D eigenvalue weighted by Gasteiger charge is 2.29. The number of H-pyrrole nitrogens is 1. The number of nitrogens with one attached hydrogen (secondary N) is 2. The summed E-state index contributed by atoms with van der Waals surface area (Å²) < 4.78 is 24.2. The fourth-order valence-corrected chi connectivity index (χ4v) is 3.47. The number of ether oxygens (including phenoxy) is 1. The summed E-state index contributed by atoms with van der Waals surface area (Å²) in [7, 11) is 1.33. The minimum absolute atomic E-state index is 0.0412. The number of hydrogen-bond donors (Lipinski definition) is 2. The van der Waals surface area contributed by atoms with Crippen LogP contribution in [-0.2, 0) is 4.79 Å². The summed E-state index contributed by atoms with van der Waals surface area (Å²) in [5.74, 6) is -1.86. The van der Waals surface area contributed by atoms with Crippen LogP contribution in [0.4, 0.5) is 10.1 Å². The fraction of sp³-hybridized carbons (Fsp3) is 0.176. The summed E-state index contributed by atoms with van der Waals surface area (Å²) in [5, 5.41) is 2.87. The van der Waals surface area contributed by atoms with E-state index >= 15 is 0 Å². The van der Waals surface area contributed by atoms with Crippen molar-refractivity contribution in [2.45, 2.75) is 12.3 Å². The number of halogens is 2. The zero-order chi connectivity index (χ0) is 17.7. The molecular formula is C17H12ClFN2O4. The van der Waals surface area contributed by atoms with Gasteiger partial charge in [0.2, 0.25) is 5.91 Å². The molecule has 8 heteroatoms. The molecule has 1 atom stereocenters. The van der Waals surface area contributed by atoms with Crippen molar-refractivity contribution in [1.82, 2.24) is 4.98 Å². The lowest BCUT2D eigenvalue weighted by Crippen LogP contribution is -2.23. The first-order valence-electron chi connectivity index (χ1n) is 7.46. The summed E-state index contributed by atoms with van der Waals surface area (Å²) in [6.45, 7) is 0. The SMILES string of the molecule is COc1c(F)cc([C@@H]2CC(=O)Nc3cc4oc(=O)[nH]c4cc32)cc1Cl. The number of anilines is 1. The molecule has 0 saturated heterocycles. The van der Waals surface area contributed by atoms with E-state index in [1.807, 2.05) is 0 Å². The molecule has 0 bridgehead atoms. The number of carbonyl (C=O) groups excluding carboxylic acids is 1. The van der Waals surface area contributed by atoms with E-state index in [4.69, 9.17) is 20.8 Å². The van der Waals surface area contributed by atoms with Crippen molar-refractivity contribution in [2.24, 2.45) is 0 Å². The zero-order valence-electron chi connectivity index (χ0n) is 13.0. The van der Waals surface area contributed by atoms with Gasteiger partial charge in [-0.3, -0.25) is 9.78 Å². The van der Waals surface area contributed by atoms with Gasteiger partial charge in [-0.15, -0.1) is 0 Å². The van der Waals surface area contributed by atoms with E-state index in [-0.39, 0.29) is 23.1 Å². The van der Waals surface area contributed by atoms with Crippen LogP contribution >= 0.6 is 11.6 Å². The second kappa shape index (κ2) is 5.63. The lowest BCUT2D eigenvalue weighted by molar-refractivity contribution is -0.116. The Labute approximate surface area is 145 Å². The number of benzene rings is 2. The van der Waals surface area contributed by atoms with Crippen molar-refractivity contribution in [2.75, 3.05) is 12.4 Å². The first kappa shape index (κ1) is 15.7. The first-order chi connectivity index (χ1) is 12.0. The van der Waals surface area contributed by atoms with Gasteiger partial charge in [-0.25, -0.2) is 9.18 Å². The van der Waals surface area contributed by atoms with Gasteiger partial charge >= 0.3 is 5.76 Å². The predicted molar refractivity (Wildman–Crippen MR) is 89.9 cm³/mol. The van der Waals surface area contributed by atoms with Gasteiger partial charge in [0.25, 0.3) is 0 Å². The maximum Gasteiger partial charge on any atom is 0.417 e. The Morgan fingerprint density at radius 1 is 1.28 bits per heavy atom. The van der Waals surface area contributed by atoms with Gasteiger partial charge in [0.15, 0.2) is 17.1 Å². The Bertz CT molecular complexity index is 1050.